The fourth-order valence-corrected chi connectivity index (χ4v) is 15.4. The summed E-state index contributed by atoms with van der Waals surface area (Å²) in [5, 5.41) is 17.7. The number of benzene rings is 15. The Hall–Kier alpha value is -9.68. The Bertz CT molecular complexity index is 5690. The Kier molecular flexibility index (Phi) is 19.1. The number of hydrogen-bond acceptors (Lipinski definition) is 8. The standard InChI is InChI=1S/C36H33BO2.C22H21BO2.2C20H21BO2/c1-35(2)36(3,4)39-37(38-35)34-24-32(30-19-15-28(16-20-30)26-11-7-5-8-12-26)23-33(25-34)31-21-17-29(18-22-31)27-13-9-6-10-14-27;1-21(2)22(3,4)25-23(24-21)18-12-16-10-8-14-6-5-7-15-9-11-17(13-18)20(16)19(14)15;1-19(2)20(3,4)23-21(22-19)18-11-7-10-16-15-9-6-5-8-14(15)12-13-17(16)18;1-19(2)20(3,4)23-21(22-19)16-11-12-18-15(13-16)10-9-14-7-5-6-8-17(14)18/h5-25H,1-4H3;5-13H,1-4H3;2*5-13H,1-4H3. The monoisotopic (exact) mass is 1440 g/mol. The molecule has 4 aliphatic rings. The molecule has 0 aromatic heterocycles. The highest BCUT2D eigenvalue weighted by atomic mass is 16.7. The van der Waals surface area contributed by atoms with Crippen molar-refractivity contribution in [2.24, 2.45) is 0 Å². The first-order chi connectivity index (χ1) is 52.4. The van der Waals surface area contributed by atoms with E-state index >= 15 is 0 Å². The molecule has 4 fully saturated rings. The van der Waals surface area contributed by atoms with E-state index in [-0.39, 0.29) is 55.0 Å². The molecule has 12 heteroatoms. The molecule has 0 radical (unpaired) electrons. The zero-order valence-corrected chi connectivity index (χ0v) is 66.3. The summed E-state index contributed by atoms with van der Waals surface area (Å²) in [7, 11) is -1.39. The van der Waals surface area contributed by atoms with Gasteiger partial charge in [-0.05, 0) is 259 Å². The van der Waals surface area contributed by atoms with E-state index in [1.165, 1.54) is 97.7 Å². The SMILES string of the molecule is CC1(C)OB(c2cc(-c3ccc(-c4ccccc4)cc3)cc(-c3ccc(-c4ccccc4)cc3)c2)OC1(C)C.CC1(C)OB(c2cc3ccc4cccc5ccc(c2)c3c45)OC1(C)C.CC1(C)OB(c2ccc3c(ccc4ccccc43)c2)OC1(C)C.CC1(C)OB(c2cccc3c2ccc2ccccc23)OC1(C)C. The van der Waals surface area contributed by atoms with Crippen molar-refractivity contribution >= 4 is 126 Å². The molecule has 110 heavy (non-hydrogen) atoms. The second-order valence-corrected chi connectivity index (χ2v) is 34.1. The maximum atomic E-state index is 6.46. The molecule has 0 spiro atoms. The topological polar surface area (TPSA) is 73.8 Å². The molecule has 0 N–H and O–H groups in total. The van der Waals surface area contributed by atoms with E-state index in [4.69, 9.17) is 37.2 Å². The van der Waals surface area contributed by atoms with Crippen LogP contribution >= 0.6 is 0 Å². The summed E-state index contributed by atoms with van der Waals surface area (Å²) < 4.78 is 50.3. The van der Waals surface area contributed by atoms with Crippen molar-refractivity contribution in [3.63, 3.8) is 0 Å². The van der Waals surface area contributed by atoms with Gasteiger partial charge in [0.1, 0.15) is 0 Å². The van der Waals surface area contributed by atoms with E-state index in [0.717, 1.165) is 44.1 Å². The van der Waals surface area contributed by atoms with E-state index in [1.807, 2.05) is 12.1 Å². The maximum absolute atomic E-state index is 6.46. The van der Waals surface area contributed by atoms with Crippen molar-refractivity contribution in [1.29, 1.82) is 0 Å². The molecule has 4 saturated heterocycles. The van der Waals surface area contributed by atoms with Gasteiger partial charge in [-0.15, -0.1) is 0 Å². The second kappa shape index (κ2) is 28.3. The van der Waals surface area contributed by atoms with Crippen LogP contribution in [0.1, 0.15) is 111 Å². The Labute approximate surface area is 650 Å². The molecular formula is C98H96B4O8. The summed E-state index contributed by atoms with van der Waals surface area (Å²) in [6, 6.07) is 104. The van der Waals surface area contributed by atoms with E-state index in [9.17, 15) is 0 Å². The molecule has 4 aliphatic heterocycles. The molecule has 4 heterocycles. The van der Waals surface area contributed by atoms with Crippen LogP contribution in [-0.2, 0) is 37.2 Å². The predicted molar refractivity (Wildman–Crippen MR) is 464 cm³/mol. The summed E-state index contributed by atoms with van der Waals surface area (Å²) in [4.78, 5) is 0. The van der Waals surface area contributed by atoms with E-state index in [2.05, 4.69) is 390 Å². The smallest absolute Gasteiger partial charge is 0.399 e. The Morgan fingerprint density at radius 2 is 0.455 bits per heavy atom. The quantitative estimate of drug-likeness (QED) is 0.110. The Morgan fingerprint density at radius 1 is 0.173 bits per heavy atom. The summed E-state index contributed by atoms with van der Waals surface area (Å²) in [5.74, 6) is 0. The lowest BCUT2D eigenvalue weighted by molar-refractivity contribution is 0.00578. The molecule has 15 aromatic carbocycles. The van der Waals surface area contributed by atoms with Crippen molar-refractivity contribution in [2.75, 3.05) is 0 Å². The van der Waals surface area contributed by atoms with E-state index in [1.54, 1.807) is 0 Å². The van der Waals surface area contributed by atoms with Crippen molar-refractivity contribution in [3.8, 4) is 44.5 Å². The van der Waals surface area contributed by atoms with Crippen LogP contribution in [-0.4, -0.2) is 73.3 Å². The molecule has 0 unspecified atom stereocenters. The minimum Gasteiger partial charge on any atom is -0.399 e. The molecular weight excluding hydrogens is 1350 g/mol. The van der Waals surface area contributed by atoms with Crippen molar-refractivity contribution < 1.29 is 37.2 Å². The highest BCUT2D eigenvalue weighted by molar-refractivity contribution is 6.66. The van der Waals surface area contributed by atoms with E-state index in [0.29, 0.717) is 0 Å². The average Bonchev–Trinajstić information content (AvgIpc) is 1.14. The average molecular weight is 1450 g/mol. The minimum absolute atomic E-state index is 0.309. The number of hydrogen-bond donors (Lipinski definition) is 0. The van der Waals surface area contributed by atoms with Crippen LogP contribution in [0.15, 0.2) is 291 Å². The number of rotatable bonds is 8. The van der Waals surface area contributed by atoms with Crippen LogP contribution in [0.2, 0.25) is 0 Å². The lowest BCUT2D eigenvalue weighted by Gasteiger charge is -2.32. The van der Waals surface area contributed by atoms with Gasteiger partial charge in [0.15, 0.2) is 0 Å². The van der Waals surface area contributed by atoms with Gasteiger partial charge in [-0.3, -0.25) is 0 Å². The zero-order chi connectivity index (χ0) is 76.9. The van der Waals surface area contributed by atoms with Gasteiger partial charge in [-0.1, -0.05) is 285 Å². The van der Waals surface area contributed by atoms with Crippen LogP contribution in [0.4, 0.5) is 0 Å². The lowest BCUT2D eigenvalue weighted by atomic mass is 9.75. The second-order valence-electron chi connectivity index (χ2n) is 34.1. The van der Waals surface area contributed by atoms with Gasteiger partial charge in [-0.25, -0.2) is 0 Å². The lowest BCUT2D eigenvalue weighted by Crippen LogP contribution is -2.41. The van der Waals surface area contributed by atoms with Gasteiger partial charge in [0.2, 0.25) is 0 Å². The molecule has 0 amide bonds. The van der Waals surface area contributed by atoms with Crippen LogP contribution in [0.25, 0.3) is 120 Å². The summed E-state index contributed by atoms with van der Waals surface area (Å²) in [5.41, 5.74) is 11.0. The fourth-order valence-electron chi connectivity index (χ4n) is 15.4. The van der Waals surface area contributed by atoms with Gasteiger partial charge < -0.3 is 37.2 Å². The van der Waals surface area contributed by atoms with Gasteiger partial charge in [-0.2, -0.15) is 0 Å². The first kappa shape index (κ1) is 74.4. The first-order valence-electron chi connectivity index (χ1n) is 38.8. The fraction of sp³-hybridized carbons (Fsp3) is 0.245. The van der Waals surface area contributed by atoms with Crippen molar-refractivity contribution in [2.45, 2.75) is 156 Å². The van der Waals surface area contributed by atoms with Crippen LogP contribution in [0.5, 0.6) is 0 Å². The summed E-state index contributed by atoms with van der Waals surface area (Å²) in [6.07, 6.45) is 0. The molecule has 8 nitrogen and oxygen atoms in total. The van der Waals surface area contributed by atoms with E-state index < -0.39 is 18.3 Å². The predicted octanol–water partition coefficient (Wildman–Crippen LogP) is 22.1. The highest BCUT2D eigenvalue weighted by Crippen LogP contribution is 2.43. The number of fused-ring (bicyclic) bond motifs is 6. The third-order valence-corrected chi connectivity index (χ3v) is 24.8. The van der Waals surface area contributed by atoms with Crippen LogP contribution in [0, 0.1) is 0 Å². The molecule has 548 valence electrons. The molecule has 0 saturated carbocycles. The zero-order valence-electron chi connectivity index (χ0n) is 66.3. The van der Waals surface area contributed by atoms with Gasteiger partial charge >= 0.3 is 28.5 Å². The minimum atomic E-state index is -0.430. The van der Waals surface area contributed by atoms with Crippen molar-refractivity contribution in [3.05, 3.63) is 291 Å². The first-order valence-corrected chi connectivity index (χ1v) is 38.8. The molecule has 0 bridgehead atoms. The molecule has 19 rings (SSSR count). The van der Waals surface area contributed by atoms with Crippen LogP contribution in [0.3, 0.4) is 0 Å². The van der Waals surface area contributed by atoms with Crippen LogP contribution < -0.4 is 21.9 Å². The van der Waals surface area contributed by atoms with Gasteiger partial charge in [0.25, 0.3) is 0 Å². The molecule has 0 aliphatic carbocycles. The van der Waals surface area contributed by atoms with Crippen molar-refractivity contribution in [1.82, 2.24) is 0 Å². The molecule has 15 aromatic rings. The summed E-state index contributed by atoms with van der Waals surface area (Å²) >= 11 is 0. The molecule has 0 atom stereocenters. The third kappa shape index (κ3) is 14.1. The van der Waals surface area contributed by atoms with Gasteiger partial charge in [0, 0.05) is 0 Å². The third-order valence-electron chi connectivity index (χ3n) is 24.8. The maximum Gasteiger partial charge on any atom is 0.495 e. The normalized spacial score (nSPS) is 18.2. The Morgan fingerprint density at radius 3 is 0.909 bits per heavy atom. The Balaban J connectivity index is 0.000000115. The largest absolute Gasteiger partial charge is 0.495 e. The summed E-state index contributed by atoms with van der Waals surface area (Å²) in [6.45, 7) is 33.5. The highest BCUT2D eigenvalue weighted by Gasteiger charge is 2.55. The van der Waals surface area contributed by atoms with Gasteiger partial charge in [0.05, 0.1) is 44.8 Å².